The molecule has 0 radical (unpaired) electrons. The maximum atomic E-state index is 12.2. The summed E-state index contributed by atoms with van der Waals surface area (Å²) in [6, 6.07) is 11.4. The Hall–Kier alpha value is -3.77. The lowest BCUT2D eigenvalue weighted by atomic mass is 10.2. The van der Waals surface area contributed by atoms with E-state index in [1.165, 1.54) is 23.7 Å². The Labute approximate surface area is 209 Å². The van der Waals surface area contributed by atoms with E-state index in [1.807, 2.05) is 37.3 Å². The van der Waals surface area contributed by atoms with Gasteiger partial charge in [-0.1, -0.05) is 36.7 Å². The summed E-state index contributed by atoms with van der Waals surface area (Å²) in [5.41, 5.74) is 7.14. The molecule has 0 amide bonds. The zero-order valence-electron chi connectivity index (χ0n) is 19.1. The molecule has 192 valence electrons. The number of nitrogen functional groups attached to an aromatic ring is 1. The molecule has 0 saturated heterocycles. The molecule has 13 heteroatoms. The third kappa shape index (κ3) is 7.62. The summed E-state index contributed by atoms with van der Waals surface area (Å²) in [6.07, 6.45) is -0.833. The number of H-pyrrole nitrogens is 1. The van der Waals surface area contributed by atoms with Gasteiger partial charge in [-0.3, -0.25) is 5.32 Å². The number of hydrogen-bond acceptors (Lipinski definition) is 7. The van der Waals surface area contributed by atoms with Crippen LogP contribution in [-0.2, 0) is 11.3 Å². The topological polar surface area (TPSA) is 129 Å². The van der Waals surface area contributed by atoms with Gasteiger partial charge in [0.2, 0.25) is 5.88 Å². The van der Waals surface area contributed by atoms with Crippen LogP contribution in [0.5, 0.6) is 5.88 Å². The van der Waals surface area contributed by atoms with E-state index in [-0.39, 0.29) is 23.2 Å². The number of anilines is 1. The molecule has 0 aliphatic carbocycles. The molecule has 0 spiro atoms. The Balaban J connectivity index is 0.000000297. The number of halogens is 4. The highest BCUT2D eigenvalue weighted by Gasteiger charge is 2.29. The highest BCUT2D eigenvalue weighted by Crippen LogP contribution is 2.26. The first-order chi connectivity index (χ1) is 17.1. The monoisotopic (exact) mass is 524 g/mol. The minimum absolute atomic E-state index is 0.0533. The van der Waals surface area contributed by atoms with Crippen LogP contribution in [0.1, 0.15) is 12.5 Å². The van der Waals surface area contributed by atoms with Crippen molar-refractivity contribution < 1.29 is 27.8 Å². The number of rotatable bonds is 7. The van der Waals surface area contributed by atoms with Gasteiger partial charge in [-0.2, -0.15) is 13.2 Å². The van der Waals surface area contributed by atoms with Gasteiger partial charge < -0.3 is 25.5 Å². The number of aromatic nitrogens is 2. The molecule has 36 heavy (non-hydrogen) atoms. The standard InChI is InChI=1S/C15H16ClF3N4O3.C8H8N2/c1-2-20-14-22-11(13(24)25)3-4-23(14)7-9-5-10(16)12(21-6-9)26-8-15(17,18)19;9-8-5-6-3-1-2-4-7(6)10-8/h3-6,14,20H,2,7-8H2,1H3,(H,24,25);1-5,10H,9H2. The fraction of sp³-hybridized carbons (Fsp3) is 0.261. The quantitative estimate of drug-likeness (QED) is 0.365. The van der Waals surface area contributed by atoms with Crippen LogP contribution in [0, 0.1) is 0 Å². The van der Waals surface area contributed by atoms with Gasteiger partial charge in [0, 0.05) is 29.8 Å². The van der Waals surface area contributed by atoms with Crippen molar-refractivity contribution in [1.29, 1.82) is 0 Å². The van der Waals surface area contributed by atoms with E-state index in [9.17, 15) is 18.0 Å². The first-order valence-electron chi connectivity index (χ1n) is 10.7. The largest absolute Gasteiger partial charge is 0.477 e. The fourth-order valence-corrected chi connectivity index (χ4v) is 3.47. The Kier molecular flexibility index (Phi) is 8.78. The number of benzene rings is 1. The number of aromatic amines is 1. The maximum Gasteiger partial charge on any atom is 0.422 e. The number of aliphatic carboxylic acids is 1. The molecular weight excluding hydrogens is 501 g/mol. The average Bonchev–Trinajstić information content (AvgIpc) is 3.19. The number of nitrogens with one attached hydrogen (secondary N) is 2. The van der Waals surface area contributed by atoms with Crippen LogP contribution in [0.2, 0.25) is 5.02 Å². The van der Waals surface area contributed by atoms with Crippen LogP contribution in [0.4, 0.5) is 19.0 Å². The summed E-state index contributed by atoms with van der Waals surface area (Å²) in [7, 11) is 0. The van der Waals surface area contributed by atoms with E-state index < -0.39 is 25.0 Å². The number of para-hydroxylation sites is 1. The van der Waals surface area contributed by atoms with Crippen molar-refractivity contribution in [3.05, 3.63) is 65.5 Å². The lowest BCUT2D eigenvalue weighted by Gasteiger charge is -2.30. The van der Waals surface area contributed by atoms with Crippen molar-refractivity contribution in [3.8, 4) is 5.88 Å². The van der Waals surface area contributed by atoms with Gasteiger partial charge >= 0.3 is 12.1 Å². The summed E-state index contributed by atoms with van der Waals surface area (Å²) in [5, 5.41) is 13.2. The molecule has 1 aromatic carbocycles. The molecule has 4 rings (SSSR count). The number of nitrogens with two attached hydrogens (primary N) is 1. The van der Waals surface area contributed by atoms with Crippen molar-refractivity contribution in [2.24, 2.45) is 4.99 Å². The summed E-state index contributed by atoms with van der Waals surface area (Å²) < 4.78 is 41.1. The second-order valence-electron chi connectivity index (χ2n) is 7.59. The summed E-state index contributed by atoms with van der Waals surface area (Å²) >= 11 is 5.93. The van der Waals surface area contributed by atoms with Crippen molar-refractivity contribution >= 4 is 40.0 Å². The van der Waals surface area contributed by atoms with Gasteiger partial charge in [0.15, 0.2) is 12.9 Å². The smallest absolute Gasteiger partial charge is 0.422 e. The normalized spacial score (nSPS) is 15.3. The summed E-state index contributed by atoms with van der Waals surface area (Å²) in [6.45, 7) is 1.17. The Morgan fingerprint density at radius 3 is 2.72 bits per heavy atom. The van der Waals surface area contributed by atoms with Gasteiger partial charge in [0.05, 0.1) is 0 Å². The van der Waals surface area contributed by atoms with E-state index in [4.69, 9.17) is 22.4 Å². The predicted octanol–water partition coefficient (Wildman–Crippen LogP) is 4.17. The van der Waals surface area contributed by atoms with Crippen LogP contribution in [0.25, 0.3) is 10.9 Å². The minimum Gasteiger partial charge on any atom is -0.477 e. The molecule has 3 aromatic rings. The minimum atomic E-state index is -4.48. The predicted molar refractivity (Wildman–Crippen MR) is 131 cm³/mol. The SMILES string of the molecule is CCNC1N=C(C(=O)O)C=CN1Cc1cnc(OCC(F)(F)F)c(Cl)c1.Nc1cc2ccccc2[nH]1. The highest BCUT2D eigenvalue weighted by molar-refractivity contribution is 6.40. The van der Waals surface area contributed by atoms with Crippen LogP contribution in [0.15, 0.2) is 59.9 Å². The zero-order valence-corrected chi connectivity index (χ0v) is 19.8. The van der Waals surface area contributed by atoms with E-state index in [0.717, 1.165) is 11.3 Å². The Bertz CT molecular complexity index is 1230. The molecule has 1 unspecified atom stereocenters. The maximum absolute atomic E-state index is 12.2. The number of ether oxygens (including phenoxy) is 1. The molecule has 5 N–H and O–H groups in total. The van der Waals surface area contributed by atoms with Crippen molar-refractivity contribution in [2.45, 2.75) is 25.9 Å². The van der Waals surface area contributed by atoms with Crippen LogP contribution in [0.3, 0.4) is 0 Å². The molecule has 0 fully saturated rings. The molecular formula is C23H24ClF3N6O3. The number of pyridine rings is 1. The highest BCUT2D eigenvalue weighted by atomic mass is 35.5. The first-order valence-corrected chi connectivity index (χ1v) is 11.1. The van der Waals surface area contributed by atoms with Crippen LogP contribution >= 0.6 is 11.6 Å². The van der Waals surface area contributed by atoms with Crippen molar-refractivity contribution in [2.75, 3.05) is 18.9 Å². The molecule has 1 aliphatic rings. The summed E-state index contributed by atoms with van der Waals surface area (Å²) in [4.78, 5) is 23.7. The molecule has 1 aliphatic heterocycles. The number of aliphatic imine (C=N–C) groups is 1. The lowest BCUT2D eigenvalue weighted by Crippen LogP contribution is -2.44. The lowest BCUT2D eigenvalue weighted by molar-refractivity contribution is -0.154. The number of fused-ring (bicyclic) bond motifs is 1. The third-order valence-electron chi connectivity index (χ3n) is 4.76. The fourth-order valence-electron chi connectivity index (χ4n) is 3.22. The molecule has 1 atom stereocenters. The second kappa shape index (κ2) is 11.8. The number of carbonyl (C=O) groups is 1. The van der Waals surface area contributed by atoms with Crippen molar-refractivity contribution in [1.82, 2.24) is 20.2 Å². The van der Waals surface area contributed by atoms with E-state index >= 15 is 0 Å². The number of hydrogen-bond donors (Lipinski definition) is 4. The van der Waals surface area contributed by atoms with Gasteiger partial charge in [-0.05, 0) is 36.4 Å². The van der Waals surface area contributed by atoms with E-state index in [0.29, 0.717) is 12.1 Å². The number of carboxylic acid groups (broad SMARTS) is 1. The molecule has 9 nitrogen and oxygen atoms in total. The van der Waals surface area contributed by atoms with Crippen LogP contribution < -0.4 is 15.8 Å². The van der Waals surface area contributed by atoms with Gasteiger partial charge in [-0.15, -0.1) is 0 Å². The number of carboxylic acids is 1. The second-order valence-corrected chi connectivity index (χ2v) is 7.99. The molecule has 3 heterocycles. The van der Waals surface area contributed by atoms with Gasteiger partial charge in [0.25, 0.3) is 0 Å². The van der Waals surface area contributed by atoms with Crippen molar-refractivity contribution in [3.63, 3.8) is 0 Å². The number of alkyl halides is 3. The van der Waals surface area contributed by atoms with E-state index in [1.54, 1.807) is 11.1 Å². The zero-order chi connectivity index (χ0) is 26.3. The Morgan fingerprint density at radius 1 is 1.33 bits per heavy atom. The van der Waals surface area contributed by atoms with Gasteiger partial charge in [0.1, 0.15) is 16.6 Å². The van der Waals surface area contributed by atoms with Crippen LogP contribution in [-0.4, -0.2) is 57.3 Å². The molecule has 2 aromatic heterocycles. The number of nitrogens with zero attached hydrogens (tertiary/aromatic N) is 3. The third-order valence-corrected chi connectivity index (χ3v) is 5.03. The molecule has 0 bridgehead atoms. The van der Waals surface area contributed by atoms with E-state index in [2.05, 4.69) is 25.0 Å². The first kappa shape index (κ1) is 26.8. The average molecular weight is 525 g/mol. The Morgan fingerprint density at radius 2 is 2.08 bits per heavy atom. The summed E-state index contributed by atoms with van der Waals surface area (Å²) in [5.74, 6) is -0.725. The van der Waals surface area contributed by atoms with Gasteiger partial charge in [-0.25, -0.2) is 14.8 Å². The molecule has 0 saturated carbocycles.